The van der Waals surface area contributed by atoms with E-state index in [1.165, 1.54) is 16.7 Å². The summed E-state index contributed by atoms with van der Waals surface area (Å²) < 4.78 is 0.705. The van der Waals surface area contributed by atoms with Crippen LogP contribution in [-0.4, -0.2) is 20.4 Å². The first-order valence-electron chi connectivity index (χ1n) is 27.1. The predicted octanol–water partition coefficient (Wildman–Crippen LogP) is 19.7. The van der Waals surface area contributed by atoms with Crippen LogP contribution in [0.2, 0.25) is 0 Å². The Labute approximate surface area is 466 Å². The molecule has 5 aromatic carbocycles. The molecule has 0 aromatic heterocycles. The molecule has 403 valence electrons. The molecule has 0 bridgehead atoms. The quantitative estimate of drug-likeness (QED) is 0.145. The van der Waals surface area contributed by atoms with Gasteiger partial charge < -0.3 is 20.4 Å². The molecular weight excluding hydrogens is 984 g/mol. The molecule has 1 unspecified atom stereocenters. The summed E-state index contributed by atoms with van der Waals surface area (Å²) in [5.41, 5.74) is 16.0. The van der Waals surface area contributed by atoms with Crippen molar-refractivity contribution < 1.29 is 45.1 Å². The van der Waals surface area contributed by atoms with Gasteiger partial charge >= 0.3 is 102 Å². The molecule has 0 aliphatic heterocycles. The van der Waals surface area contributed by atoms with Gasteiger partial charge in [0, 0.05) is 44.5 Å². The van der Waals surface area contributed by atoms with Crippen LogP contribution < -0.4 is 0 Å². The Balaban J connectivity index is 0.000000255. The standard InChI is InChI=1S/2C28H42O2.C13H15.Zr/c2*1-25(2,3)17-13-19(23(29)21(15-17)27(7,8)9)20-14-18(26(4,5)6)16-22(24(20)30)28(10,11)12;1-9(2)12-6-4-5-11-7-10(3)8-13(11)12;/h2*13-16,29-30H,1-12H3;4-9H,1-3H3;. The van der Waals surface area contributed by atoms with E-state index in [4.69, 9.17) is 0 Å². The molecule has 5 heteroatoms. The van der Waals surface area contributed by atoms with Gasteiger partial charge in [0.1, 0.15) is 23.0 Å². The minimum atomic E-state index is -0.218. The summed E-state index contributed by atoms with van der Waals surface area (Å²) >= 11 is 1.61. The van der Waals surface area contributed by atoms with Gasteiger partial charge in [-0.25, -0.2) is 0 Å². The van der Waals surface area contributed by atoms with E-state index >= 15 is 0 Å². The molecule has 4 N–H and O–H groups in total. The Morgan fingerprint density at radius 2 is 0.622 bits per heavy atom. The van der Waals surface area contributed by atoms with Crippen molar-refractivity contribution in [3.8, 4) is 45.3 Å². The molecule has 0 spiro atoms. The first-order chi connectivity index (χ1) is 33.1. The Morgan fingerprint density at radius 1 is 0.378 bits per heavy atom. The average molecular weight is 1080 g/mol. The third-order valence-corrected chi connectivity index (χ3v) is 16.5. The average Bonchev–Trinajstić information content (AvgIpc) is 3.50. The second-order valence-electron chi connectivity index (χ2n) is 30.0. The number of benzene rings is 5. The van der Waals surface area contributed by atoms with Gasteiger partial charge in [0.05, 0.1) is 0 Å². The monoisotopic (exact) mass is 1080 g/mol. The van der Waals surface area contributed by atoms with Gasteiger partial charge in [0.25, 0.3) is 0 Å². The molecule has 4 nitrogen and oxygen atoms in total. The van der Waals surface area contributed by atoms with Crippen molar-refractivity contribution in [1.82, 2.24) is 0 Å². The third-order valence-electron chi connectivity index (χ3n) is 14.7. The number of phenols is 4. The molecule has 0 saturated carbocycles. The van der Waals surface area contributed by atoms with Crippen LogP contribution in [0.15, 0.2) is 72.3 Å². The summed E-state index contributed by atoms with van der Waals surface area (Å²) in [6, 6.07) is 23.4. The molecule has 1 aliphatic rings. The topological polar surface area (TPSA) is 80.9 Å². The number of allylic oxidation sites excluding steroid dienone is 1. The van der Waals surface area contributed by atoms with Crippen LogP contribution in [0, 0.1) is 0 Å². The van der Waals surface area contributed by atoms with Crippen molar-refractivity contribution in [3.63, 3.8) is 0 Å². The third kappa shape index (κ3) is 14.3. The Morgan fingerprint density at radius 3 is 0.824 bits per heavy atom. The van der Waals surface area contributed by atoms with Crippen molar-refractivity contribution in [2.75, 3.05) is 0 Å². The van der Waals surface area contributed by atoms with Gasteiger partial charge in [0.2, 0.25) is 0 Å². The van der Waals surface area contributed by atoms with Crippen LogP contribution >= 0.6 is 0 Å². The van der Waals surface area contributed by atoms with E-state index in [0.717, 1.165) is 44.5 Å². The maximum atomic E-state index is 11.4. The maximum absolute atomic E-state index is 11.4. The fourth-order valence-electron chi connectivity index (χ4n) is 9.46. The van der Waals surface area contributed by atoms with Gasteiger partial charge in [-0.2, -0.15) is 0 Å². The van der Waals surface area contributed by atoms with Gasteiger partial charge in [-0.1, -0.05) is 190 Å². The molecule has 0 fully saturated rings. The summed E-state index contributed by atoms with van der Waals surface area (Å²) in [6.07, 6.45) is 2.38. The van der Waals surface area contributed by atoms with E-state index in [0.29, 0.717) is 31.8 Å². The minimum absolute atomic E-state index is 0.0768. The summed E-state index contributed by atoms with van der Waals surface area (Å²) in [7, 11) is 0. The van der Waals surface area contributed by atoms with E-state index in [1.807, 2.05) is 0 Å². The summed E-state index contributed by atoms with van der Waals surface area (Å²) in [5, 5.41) is 45.5. The van der Waals surface area contributed by atoms with Gasteiger partial charge in [-0.05, 0) is 89.8 Å². The predicted molar refractivity (Wildman–Crippen MR) is 317 cm³/mol. The first kappa shape index (κ1) is 62.5. The summed E-state index contributed by atoms with van der Waals surface area (Å²) in [5.74, 6) is 1.68. The fourth-order valence-corrected chi connectivity index (χ4v) is 10.3. The zero-order valence-electron chi connectivity index (χ0n) is 51.4. The molecule has 1 aliphatic carbocycles. The Hall–Kier alpha value is -4.08. The first-order valence-corrected chi connectivity index (χ1v) is 28.6. The number of hydrogen-bond acceptors (Lipinski definition) is 4. The van der Waals surface area contributed by atoms with Crippen molar-refractivity contribution in [2.45, 2.75) is 240 Å². The molecule has 0 amide bonds. The second-order valence-corrected chi connectivity index (χ2v) is 31.4. The number of phenolic OH excluding ortho intramolecular Hbond substituents is 4. The van der Waals surface area contributed by atoms with E-state index in [-0.39, 0.29) is 66.3 Å². The molecular formula is C69H99O4Zr. The van der Waals surface area contributed by atoms with Crippen LogP contribution in [0.1, 0.15) is 258 Å². The zero-order valence-corrected chi connectivity index (χ0v) is 53.8. The number of hydrogen-bond donors (Lipinski definition) is 4. The molecule has 6 rings (SSSR count). The van der Waals surface area contributed by atoms with Crippen LogP contribution in [0.25, 0.3) is 28.3 Å². The molecule has 74 heavy (non-hydrogen) atoms. The molecule has 0 saturated heterocycles. The number of aromatic hydroxyl groups is 4. The number of fused-ring (bicyclic) bond motifs is 1. The second kappa shape index (κ2) is 21.4. The van der Waals surface area contributed by atoms with E-state index < -0.39 is 0 Å². The molecule has 1 atom stereocenters. The normalized spacial score (nSPS) is 14.7. The van der Waals surface area contributed by atoms with Crippen LogP contribution in [-0.2, 0) is 68.0 Å². The van der Waals surface area contributed by atoms with Crippen molar-refractivity contribution in [3.05, 3.63) is 134 Å². The van der Waals surface area contributed by atoms with E-state index in [1.54, 1.807) is 30.3 Å². The molecule has 0 heterocycles. The van der Waals surface area contributed by atoms with Crippen LogP contribution in [0.4, 0.5) is 0 Å². The van der Waals surface area contributed by atoms with Gasteiger partial charge in [-0.15, -0.1) is 0 Å². The molecule has 0 radical (unpaired) electrons. The van der Waals surface area contributed by atoms with E-state index in [9.17, 15) is 20.4 Å². The van der Waals surface area contributed by atoms with Gasteiger partial charge in [-0.3, -0.25) is 0 Å². The van der Waals surface area contributed by atoms with Crippen molar-refractivity contribution in [2.24, 2.45) is 0 Å². The SMILES string of the molecule is CC(C)(C)c1cc(-c2cc(C(C)(C)C)cc(C(C)(C)C)c2O)c(O)c(C(C)(C)C)c1.CC(C)(C)c1cc(-c2cc(C(C)(C)C)cc(C(C)(C)C)c2O)c(O)c(C(C)(C)C)c1.CC1=Cc2c(C(C)C)cccc2[CH]1[Zr]. The zero-order chi connectivity index (χ0) is 57.2. The number of rotatable bonds is 3. The van der Waals surface area contributed by atoms with E-state index in [2.05, 4.69) is 260 Å². The van der Waals surface area contributed by atoms with Crippen LogP contribution in [0.5, 0.6) is 23.0 Å². The Kier molecular flexibility index (Phi) is 18.1. The Bertz CT molecular complexity index is 2550. The van der Waals surface area contributed by atoms with Crippen molar-refractivity contribution in [1.29, 1.82) is 0 Å². The summed E-state index contributed by atoms with van der Waals surface area (Å²) in [6.45, 7) is 58.4. The van der Waals surface area contributed by atoms with Gasteiger partial charge in [0.15, 0.2) is 0 Å². The van der Waals surface area contributed by atoms with Crippen molar-refractivity contribution >= 4 is 6.08 Å². The summed E-state index contributed by atoms with van der Waals surface area (Å²) in [4.78, 5) is 0. The molecule has 5 aromatic rings. The van der Waals surface area contributed by atoms with Crippen LogP contribution in [0.3, 0.4) is 0 Å². The fraction of sp³-hybridized carbons (Fsp3) is 0.536.